The second kappa shape index (κ2) is 7.76. The van der Waals surface area contributed by atoms with Gasteiger partial charge in [-0.05, 0) is 23.9 Å². The number of hydrogen-bond donors (Lipinski definition) is 1. The summed E-state index contributed by atoms with van der Waals surface area (Å²) in [5.41, 5.74) is 0.927. The highest BCUT2D eigenvalue weighted by molar-refractivity contribution is 7.10. The van der Waals surface area contributed by atoms with Crippen molar-refractivity contribution in [1.82, 2.24) is 10.5 Å². The van der Waals surface area contributed by atoms with Crippen molar-refractivity contribution in [2.45, 2.75) is 30.8 Å². The third-order valence-corrected chi connectivity index (χ3v) is 6.25. The predicted molar refractivity (Wildman–Crippen MR) is 106 cm³/mol. The molecule has 0 amide bonds. The van der Waals surface area contributed by atoms with E-state index in [2.05, 4.69) is 10.5 Å². The third kappa shape index (κ3) is 3.32. The van der Waals surface area contributed by atoms with Crippen LogP contribution in [0.1, 0.15) is 39.8 Å². The van der Waals surface area contributed by atoms with Gasteiger partial charge in [0.2, 0.25) is 5.76 Å². The van der Waals surface area contributed by atoms with Crippen molar-refractivity contribution in [3.8, 4) is 0 Å². The summed E-state index contributed by atoms with van der Waals surface area (Å²) in [5.74, 6) is -1.20. The van der Waals surface area contributed by atoms with Crippen LogP contribution in [-0.2, 0) is 9.53 Å². The van der Waals surface area contributed by atoms with Crippen molar-refractivity contribution in [2.24, 2.45) is 0 Å². The van der Waals surface area contributed by atoms with Crippen molar-refractivity contribution in [3.63, 3.8) is 0 Å². The number of ether oxygens (including phenoxy) is 1. The maximum Gasteiger partial charge on any atom is 0.334 e. The molecule has 3 aromatic rings. The zero-order valence-corrected chi connectivity index (χ0v) is 16.6. The Hall–Kier alpha value is -3.04. The molecule has 1 saturated heterocycles. The second-order valence-corrected chi connectivity index (χ2v) is 7.84. The highest BCUT2D eigenvalue weighted by atomic mass is 32.1. The lowest BCUT2D eigenvalue weighted by Gasteiger charge is -2.22. The van der Waals surface area contributed by atoms with Crippen LogP contribution in [0.4, 0.5) is 5.69 Å². The van der Waals surface area contributed by atoms with Crippen molar-refractivity contribution in [3.05, 3.63) is 79.9 Å². The number of rotatable bonds is 5. The van der Waals surface area contributed by atoms with Crippen LogP contribution in [0, 0.1) is 17.0 Å². The SMILES string of the molecule is COC(=O)[C@@H]1N[C@H](c2cccs2)[C@@H](c2onc(C)c2[N+](=O)[O-])[C@@H]1c1ccccc1. The molecule has 1 aliphatic rings. The first kappa shape index (κ1) is 19.3. The molecule has 1 N–H and O–H groups in total. The first-order chi connectivity index (χ1) is 14.0. The van der Waals surface area contributed by atoms with Gasteiger partial charge in [-0.1, -0.05) is 41.6 Å². The molecule has 1 aromatic carbocycles. The minimum absolute atomic E-state index is 0.148. The number of aryl methyl sites for hydroxylation is 1. The number of esters is 1. The van der Waals surface area contributed by atoms with Crippen LogP contribution in [-0.4, -0.2) is 29.2 Å². The fourth-order valence-corrected chi connectivity index (χ4v) is 4.93. The summed E-state index contributed by atoms with van der Waals surface area (Å²) < 4.78 is 10.5. The second-order valence-electron chi connectivity index (χ2n) is 6.86. The molecule has 0 bridgehead atoms. The summed E-state index contributed by atoms with van der Waals surface area (Å²) in [7, 11) is 1.33. The molecule has 3 heterocycles. The number of carbonyl (C=O) groups is 1. The lowest BCUT2D eigenvalue weighted by molar-refractivity contribution is -0.386. The minimum atomic E-state index is -0.690. The normalized spacial score (nSPS) is 23.8. The van der Waals surface area contributed by atoms with Gasteiger partial charge in [-0.2, -0.15) is 0 Å². The van der Waals surface area contributed by atoms with E-state index >= 15 is 0 Å². The lowest BCUT2D eigenvalue weighted by Crippen LogP contribution is -2.36. The standard InChI is InChI=1S/C20H19N3O5S/c1-11-18(23(25)26)19(28-22-11)15-14(12-7-4-3-5-8-12)17(20(24)27-2)21-16(15)13-9-6-10-29-13/h3-10,14-17,21H,1-2H3/t14-,15-,16+,17+/m0/s1. The van der Waals surface area contributed by atoms with E-state index in [9.17, 15) is 14.9 Å². The number of hydrogen-bond acceptors (Lipinski definition) is 8. The molecule has 0 saturated carbocycles. The Morgan fingerprint density at radius 2 is 2.00 bits per heavy atom. The Bertz CT molecular complexity index is 1020. The van der Waals surface area contributed by atoms with E-state index in [4.69, 9.17) is 9.26 Å². The highest BCUT2D eigenvalue weighted by Crippen LogP contribution is 2.52. The minimum Gasteiger partial charge on any atom is -0.468 e. The van der Waals surface area contributed by atoms with E-state index in [-0.39, 0.29) is 23.2 Å². The Morgan fingerprint density at radius 1 is 1.24 bits per heavy atom. The largest absolute Gasteiger partial charge is 0.468 e. The fourth-order valence-electron chi connectivity index (χ4n) is 4.10. The monoisotopic (exact) mass is 413 g/mol. The Labute approximate surface area is 170 Å². The molecule has 2 aromatic heterocycles. The van der Waals surface area contributed by atoms with E-state index in [0.717, 1.165) is 10.4 Å². The number of methoxy groups -OCH3 is 1. The van der Waals surface area contributed by atoms with Gasteiger partial charge in [0.1, 0.15) is 6.04 Å². The van der Waals surface area contributed by atoms with E-state index in [1.54, 1.807) is 6.92 Å². The summed E-state index contributed by atoms with van der Waals surface area (Å²) >= 11 is 1.51. The molecule has 8 nitrogen and oxygen atoms in total. The number of nitro groups is 1. The van der Waals surface area contributed by atoms with Crippen LogP contribution in [0.2, 0.25) is 0 Å². The van der Waals surface area contributed by atoms with Crippen LogP contribution in [0.3, 0.4) is 0 Å². The van der Waals surface area contributed by atoms with E-state index < -0.39 is 28.8 Å². The Balaban J connectivity index is 1.92. The van der Waals surface area contributed by atoms with Gasteiger partial charge in [0.25, 0.3) is 0 Å². The van der Waals surface area contributed by atoms with Gasteiger partial charge in [0.05, 0.1) is 24.0 Å². The Kier molecular flexibility index (Phi) is 5.16. The summed E-state index contributed by atoms with van der Waals surface area (Å²) in [6, 6.07) is 12.2. The molecule has 1 aliphatic heterocycles. The number of nitrogens with zero attached hydrogens (tertiary/aromatic N) is 2. The predicted octanol–water partition coefficient (Wildman–Crippen LogP) is 3.71. The van der Waals surface area contributed by atoms with Gasteiger partial charge in [0, 0.05) is 10.8 Å². The van der Waals surface area contributed by atoms with Crippen LogP contribution in [0.5, 0.6) is 0 Å². The number of aromatic nitrogens is 1. The molecular formula is C20H19N3O5S. The Morgan fingerprint density at radius 3 is 2.62 bits per heavy atom. The molecule has 0 aliphatic carbocycles. The number of benzene rings is 1. The lowest BCUT2D eigenvalue weighted by atomic mass is 9.79. The fraction of sp³-hybridized carbons (Fsp3) is 0.300. The van der Waals surface area contributed by atoms with Gasteiger partial charge in [-0.3, -0.25) is 20.2 Å². The average Bonchev–Trinajstić information content (AvgIpc) is 3.45. The van der Waals surface area contributed by atoms with Gasteiger partial charge < -0.3 is 9.26 Å². The van der Waals surface area contributed by atoms with Crippen molar-refractivity contribution in [1.29, 1.82) is 0 Å². The summed E-state index contributed by atoms with van der Waals surface area (Å²) in [6.45, 7) is 1.54. The molecule has 29 heavy (non-hydrogen) atoms. The molecule has 0 spiro atoms. The summed E-state index contributed by atoms with van der Waals surface area (Å²) in [4.78, 5) is 24.9. The van der Waals surface area contributed by atoms with Crippen molar-refractivity contribution >= 4 is 23.0 Å². The molecule has 0 unspecified atom stereocenters. The average molecular weight is 413 g/mol. The number of carbonyl (C=O) groups excluding carboxylic acids is 1. The molecule has 4 rings (SSSR count). The van der Waals surface area contributed by atoms with Crippen molar-refractivity contribution in [2.75, 3.05) is 7.11 Å². The van der Waals surface area contributed by atoms with Gasteiger partial charge in [0.15, 0.2) is 5.69 Å². The maximum atomic E-state index is 12.7. The quantitative estimate of drug-likeness (QED) is 0.386. The zero-order chi connectivity index (χ0) is 20.5. The van der Waals surface area contributed by atoms with Crippen LogP contribution in [0.25, 0.3) is 0 Å². The highest BCUT2D eigenvalue weighted by Gasteiger charge is 2.53. The summed E-state index contributed by atoms with van der Waals surface area (Å²) in [5, 5.41) is 20.9. The van der Waals surface area contributed by atoms with Crippen LogP contribution >= 0.6 is 11.3 Å². The van der Waals surface area contributed by atoms with Gasteiger partial charge >= 0.3 is 11.7 Å². The van der Waals surface area contributed by atoms with Crippen LogP contribution < -0.4 is 5.32 Å². The van der Waals surface area contributed by atoms with Gasteiger partial charge in [-0.15, -0.1) is 11.3 Å². The van der Waals surface area contributed by atoms with Crippen LogP contribution in [0.15, 0.2) is 52.4 Å². The first-order valence-corrected chi connectivity index (χ1v) is 9.93. The zero-order valence-electron chi connectivity index (χ0n) is 15.8. The number of thiophene rings is 1. The maximum absolute atomic E-state index is 12.7. The van der Waals surface area contributed by atoms with E-state index in [1.165, 1.54) is 18.4 Å². The molecule has 4 atom stereocenters. The van der Waals surface area contributed by atoms with Gasteiger partial charge in [-0.25, -0.2) is 0 Å². The first-order valence-electron chi connectivity index (χ1n) is 9.05. The number of nitrogens with one attached hydrogen (secondary N) is 1. The smallest absolute Gasteiger partial charge is 0.334 e. The summed E-state index contributed by atoms with van der Waals surface area (Å²) in [6.07, 6.45) is 0. The molecule has 0 radical (unpaired) electrons. The molecule has 9 heteroatoms. The molecule has 1 fully saturated rings. The van der Waals surface area contributed by atoms with Crippen molar-refractivity contribution < 1.29 is 19.0 Å². The topological polar surface area (TPSA) is 108 Å². The molecular weight excluding hydrogens is 394 g/mol. The van der Waals surface area contributed by atoms with E-state index in [1.807, 2.05) is 47.8 Å². The third-order valence-electron chi connectivity index (χ3n) is 5.30. The van der Waals surface area contributed by atoms with E-state index in [0.29, 0.717) is 0 Å². The molecule has 150 valence electrons.